The van der Waals surface area contributed by atoms with Crippen LogP contribution in [0.5, 0.6) is 5.75 Å². The molecule has 0 N–H and O–H groups in total. The molecule has 0 saturated carbocycles. The number of aryl methyl sites for hydroxylation is 2. The molecule has 33 heavy (non-hydrogen) atoms. The Morgan fingerprint density at radius 2 is 1.97 bits per heavy atom. The van der Waals surface area contributed by atoms with Crippen molar-refractivity contribution in [2.75, 3.05) is 18.0 Å². The highest BCUT2D eigenvalue weighted by molar-refractivity contribution is 6.29. The molecule has 1 aliphatic heterocycles. The lowest BCUT2D eigenvalue weighted by Crippen LogP contribution is -2.54. The van der Waals surface area contributed by atoms with Crippen molar-refractivity contribution in [3.05, 3.63) is 81.4 Å². The molecule has 1 aliphatic rings. The molecule has 0 aromatic carbocycles. The van der Waals surface area contributed by atoms with Gasteiger partial charge in [-0.25, -0.2) is 9.67 Å². The Morgan fingerprint density at radius 1 is 1.12 bits per heavy atom. The molecule has 0 atom stereocenters. The summed E-state index contributed by atoms with van der Waals surface area (Å²) in [5.74, 6) is 1.31. The lowest BCUT2D eigenvalue weighted by molar-refractivity contribution is 0.167. The van der Waals surface area contributed by atoms with Gasteiger partial charge in [0, 0.05) is 29.1 Å². The molecule has 5 heterocycles. The Morgan fingerprint density at radius 3 is 2.67 bits per heavy atom. The van der Waals surface area contributed by atoms with Crippen LogP contribution < -0.4 is 15.2 Å². The zero-order valence-electron chi connectivity index (χ0n) is 18.1. The molecule has 0 radical (unpaired) electrons. The molecule has 0 amide bonds. The van der Waals surface area contributed by atoms with Crippen LogP contribution in [-0.4, -0.2) is 44.1 Å². The Bertz CT molecular complexity index is 1330. The summed E-state index contributed by atoms with van der Waals surface area (Å²) in [6, 6.07) is 8.91. The van der Waals surface area contributed by atoms with Gasteiger partial charge >= 0.3 is 0 Å². The summed E-state index contributed by atoms with van der Waals surface area (Å²) in [6.45, 7) is 5.31. The van der Waals surface area contributed by atoms with Gasteiger partial charge in [0.2, 0.25) is 0 Å². The van der Waals surface area contributed by atoms with Crippen LogP contribution in [0.15, 0.2) is 58.2 Å². The second-order valence-electron chi connectivity index (χ2n) is 7.93. The highest BCUT2D eigenvalue weighted by Crippen LogP contribution is 2.26. The molecule has 10 heteroatoms. The first-order valence-electron chi connectivity index (χ1n) is 10.4. The van der Waals surface area contributed by atoms with Gasteiger partial charge < -0.3 is 14.2 Å². The molecule has 0 aliphatic carbocycles. The molecule has 168 valence electrons. The van der Waals surface area contributed by atoms with Gasteiger partial charge in [-0.1, -0.05) is 16.8 Å². The molecule has 9 nitrogen and oxygen atoms in total. The standard InChI is InChI=1S/C23H21ClN6O3/c1-14-3-4-16(8-25-14)23-20(15(2)33-28-23)13-30-22(31)7-17(9-27-30)29-11-19(12-29)32-18-5-6-21(24)26-10-18/h3-10,19H,11-13H2,1-2H3. The normalized spacial score (nSPS) is 13.7. The number of nitrogens with zero attached hydrogens (tertiary/aromatic N) is 6. The first kappa shape index (κ1) is 21.1. The number of hydrogen-bond donors (Lipinski definition) is 0. The van der Waals surface area contributed by atoms with Crippen molar-refractivity contribution >= 4 is 17.3 Å². The topological polar surface area (TPSA) is 99.2 Å². The number of anilines is 1. The molecule has 4 aromatic heterocycles. The van der Waals surface area contributed by atoms with E-state index in [-0.39, 0.29) is 18.2 Å². The first-order chi connectivity index (χ1) is 16.0. The van der Waals surface area contributed by atoms with E-state index < -0.39 is 0 Å². The number of pyridine rings is 2. The van der Waals surface area contributed by atoms with Crippen LogP contribution in [0.4, 0.5) is 5.69 Å². The summed E-state index contributed by atoms with van der Waals surface area (Å²) in [5, 5.41) is 8.97. The fourth-order valence-electron chi connectivity index (χ4n) is 3.63. The van der Waals surface area contributed by atoms with Crippen molar-refractivity contribution in [2.45, 2.75) is 26.5 Å². The average molecular weight is 465 g/mol. The highest BCUT2D eigenvalue weighted by Gasteiger charge is 2.29. The van der Waals surface area contributed by atoms with E-state index >= 15 is 0 Å². The molecule has 1 fully saturated rings. The molecule has 0 unspecified atom stereocenters. The van der Waals surface area contributed by atoms with Gasteiger partial charge in [0.05, 0.1) is 37.7 Å². The third kappa shape index (κ3) is 4.45. The summed E-state index contributed by atoms with van der Waals surface area (Å²) in [7, 11) is 0. The molecule has 0 bridgehead atoms. The first-order valence-corrected chi connectivity index (χ1v) is 10.8. The lowest BCUT2D eigenvalue weighted by atomic mass is 10.1. The molecule has 0 spiro atoms. The van der Waals surface area contributed by atoms with E-state index in [4.69, 9.17) is 20.9 Å². The summed E-state index contributed by atoms with van der Waals surface area (Å²) >= 11 is 5.80. The van der Waals surface area contributed by atoms with Crippen LogP contribution in [0, 0.1) is 13.8 Å². The second-order valence-corrected chi connectivity index (χ2v) is 8.31. The minimum absolute atomic E-state index is 0.0146. The predicted octanol–water partition coefficient (Wildman–Crippen LogP) is 3.27. The molecular formula is C23H21ClN6O3. The fourth-order valence-corrected chi connectivity index (χ4v) is 3.74. The van der Waals surface area contributed by atoms with Crippen molar-refractivity contribution in [1.29, 1.82) is 0 Å². The van der Waals surface area contributed by atoms with E-state index in [1.807, 2.05) is 30.9 Å². The smallest absolute Gasteiger partial charge is 0.269 e. The van der Waals surface area contributed by atoms with E-state index in [0.717, 1.165) is 22.5 Å². The van der Waals surface area contributed by atoms with Gasteiger partial charge in [0.25, 0.3) is 5.56 Å². The minimum atomic E-state index is -0.202. The van der Waals surface area contributed by atoms with E-state index in [1.165, 1.54) is 4.68 Å². The number of ether oxygens (including phenoxy) is 1. The van der Waals surface area contributed by atoms with Gasteiger partial charge in [-0.15, -0.1) is 0 Å². The fraction of sp³-hybridized carbons (Fsp3) is 0.261. The van der Waals surface area contributed by atoms with Gasteiger partial charge in [0.15, 0.2) is 0 Å². The Hall–Kier alpha value is -3.72. The van der Waals surface area contributed by atoms with Gasteiger partial charge in [0.1, 0.15) is 28.5 Å². The predicted molar refractivity (Wildman–Crippen MR) is 123 cm³/mol. The van der Waals surface area contributed by atoms with Crippen LogP contribution >= 0.6 is 11.6 Å². The van der Waals surface area contributed by atoms with E-state index in [0.29, 0.717) is 35.4 Å². The summed E-state index contributed by atoms with van der Waals surface area (Å²) in [6.07, 6.45) is 5.05. The van der Waals surface area contributed by atoms with Crippen molar-refractivity contribution in [3.63, 3.8) is 0 Å². The van der Waals surface area contributed by atoms with Crippen molar-refractivity contribution in [3.8, 4) is 17.0 Å². The maximum atomic E-state index is 12.8. The maximum Gasteiger partial charge on any atom is 0.269 e. The third-order valence-electron chi connectivity index (χ3n) is 5.55. The molecule has 1 saturated heterocycles. The summed E-state index contributed by atoms with van der Waals surface area (Å²) in [5.41, 5.74) is 3.77. The average Bonchev–Trinajstić information content (AvgIpc) is 3.14. The molecular weight excluding hydrogens is 444 g/mol. The molecule has 5 rings (SSSR count). The maximum absolute atomic E-state index is 12.8. The van der Waals surface area contributed by atoms with Crippen LogP contribution in [-0.2, 0) is 6.54 Å². The Balaban J connectivity index is 1.27. The van der Waals surface area contributed by atoms with Crippen LogP contribution in [0.25, 0.3) is 11.3 Å². The zero-order valence-corrected chi connectivity index (χ0v) is 18.9. The van der Waals surface area contributed by atoms with Crippen LogP contribution in [0.1, 0.15) is 17.0 Å². The highest BCUT2D eigenvalue weighted by atomic mass is 35.5. The third-order valence-corrected chi connectivity index (χ3v) is 5.77. The van der Waals surface area contributed by atoms with Crippen LogP contribution in [0.2, 0.25) is 5.15 Å². The van der Waals surface area contributed by atoms with Gasteiger partial charge in [-0.3, -0.25) is 9.78 Å². The zero-order chi connectivity index (χ0) is 22.9. The van der Waals surface area contributed by atoms with E-state index in [9.17, 15) is 4.79 Å². The van der Waals surface area contributed by atoms with Crippen molar-refractivity contribution in [2.24, 2.45) is 0 Å². The lowest BCUT2D eigenvalue weighted by Gasteiger charge is -2.40. The number of hydrogen-bond acceptors (Lipinski definition) is 8. The number of aromatic nitrogens is 5. The quantitative estimate of drug-likeness (QED) is 0.401. The van der Waals surface area contributed by atoms with Gasteiger partial charge in [-0.2, -0.15) is 5.10 Å². The minimum Gasteiger partial charge on any atom is -0.485 e. The van der Waals surface area contributed by atoms with Crippen molar-refractivity contribution < 1.29 is 9.26 Å². The number of rotatable bonds is 6. The Kier molecular flexibility index (Phi) is 5.55. The van der Waals surface area contributed by atoms with Gasteiger partial charge in [-0.05, 0) is 38.1 Å². The summed E-state index contributed by atoms with van der Waals surface area (Å²) < 4.78 is 12.7. The van der Waals surface area contributed by atoms with E-state index in [2.05, 4.69) is 20.2 Å². The SMILES string of the molecule is Cc1ccc(-c2noc(C)c2Cn2ncc(N3CC(Oc4ccc(Cl)nc4)C3)cc2=O)cn1. The monoisotopic (exact) mass is 464 g/mol. The largest absolute Gasteiger partial charge is 0.485 e. The summed E-state index contributed by atoms with van der Waals surface area (Å²) in [4.78, 5) is 23.2. The van der Waals surface area contributed by atoms with Crippen LogP contribution in [0.3, 0.4) is 0 Å². The van der Waals surface area contributed by atoms with E-state index in [1.54, 1.807) is 36.8 Å². The second kappa shape index (κ2) is 8.67. The van der Waals surface area contributed by atoms with Crippen molar-refractivity contribution in [1.82, 2.24) is 24.9 Å². The number of halogens is 1. The Labute approximate surface area is 194 Å². The molecule has 4 aromatic rings.